The van der Waals surface area contributed by atoms with Crippen molar-refractivity contribution in [1.29, 1.82) is 0 Å². The van der Waals surface area contributed by atoms with Crippen LogP contribution in [0, 0.1) is 12.8 Å². The van der Waals surface area contributed by atoms with Crippen LogP contribution in [0.5, 0.6) is 11.5 Å². The number of aryl methyl sites for hydroxylation is 1. The molecule has 0 bridgehead atoms. The third-order valence-corrected chi connectivity index (χ3v) is 8.61. The fourth-order valence-electron chi connectivity index (χ4n) is 6.40. The van der Waals surface area contributed by atoms with Gasteiger partial charge < -0.3 is 20.1 Å². The number of anilines is 2. The minimum Gasteiger partial charge on any atom is -0.490 e. The number of carbonyl (C=O) groups is 2. The molecule has 0 spiro atoms. The van der Waals surface area contributed by atoms with E-state index in [9.17, 15) is 9.59 Å². The van der Waals surface area contributed by atoms with Crippen molar-refractivity contribution in [3.8, 4) is 11.5 Å². The number of rotatable bonds is 6. The molecule has 0 amide bonds. The predicted molar refractivity (Wildman–Crippen MR) is 161 cm³/mol. The number of allylic oxidation sites excluding steroid dienone is 1. The maximum Gasteiger partial charge on any atom is 0.314 e. The SMILES string of the molecule is CCOc1cc([C@H]2Nc3ccccc3NC3=C2C(=O)C[C@@H](c2ccc(C)cc2)C3)ccc1OC(=O)C1CCCCC1. The Morgan fingerprint density at radius 1 is 0.878 bits per heavy atom. The molecular weight excluding hydrogens is 512 g/mol. The molecule has 1 aliphatic heterocycles. The van der Waals surface area contributed by atoms with Crippen molar-refractivity contribution >= 4 is 23.1 Å². The highest BCUT2D eigenvalue weighted by Gasteiger charge is 2.36. The summed E-state index contributed by atoms with van der Waals surface area (Å²) >= 11 is 0. The number of ether oxygens (including phenoxy) is 2. The summed E-state index contributed by atoms with van der Waals surface area (Å²) in [6.07, 6.45) is 6.26. The van der Waals surface area contributed by atoms with Crippen LogP contribution < -0.4 is 20.1 Å². The quantitative estimate of drug-likeness (QED) is 0.240. The first-order chi connectivity index (χ1) is 20.0. The zero-order valence-electron chi connectivity index (χ0n) is 23.9. The molecule has 3 aromatic carbocycles. The highest BCUT2D eigenvalue weighted by atomic mass is 16.6. The maximum absolute atomic E-state index is 13.9. The number of nitrogens with one attached hydrogen (secondary N) is 2. The summed E-state index contributed by atoms with van der Waals surface area (Å²) in [6.45, 7) is 4.43. The number of fused-ring (bicyclic) bond motifs is 1. The highest BCUT2D eigenvalue weighted by Crippen LogP contribution is 2.45. The fourth-order valence-corrected chi connectivity index (χ4v) is 6.40. The molecule has 6 nitrogen and oxygen atoms in total. The highest BCUT2D eigenvalue weighted by molar-refractivity contribution is 6.01. The van der Waals surface area contributed by atoms with Gasteiger partial charge in [0.15, 0.2) is 17.3 Å². The average Bonchev–Trinajstić information content (AvgIpc) is 3.16. The molecule has 1 saturated carbocycles. The van der Waals surface area contributed by atoms with Gasteiger partial charge in [0.2, 0.25) is 0 Å². The number of Topliss-reactive ketones (excluding diaryl/α,β-unsaturated/α-hetero) is 1. The van der Waals surface area contributed by atoms with Crippen molar-refractivity contribution in [2.24, 2.45) is 5.92 Å². The van der Waals surface area contributed by atoms with Crippen molar-refractivity contribution < 1.29 is 19.1 Å². The topological polar surface area (TPSA) is 76.7 Å². The number of benzene rings is 3. The van der Waals surface area contributed by atoms with Gasteiger partial charge in [-0.2, -0.15) is 0 Å². The van der Waals surface area contributed by atoms with Crippen LogP contribution in [-0.2, 0) is 9.59 Å². The predicted octanol–water partition coefficient (Wildman–Crippen LogP) is 7.86. The lowest BCUT2D eigenvalue weighted by atomic mass is 9.78. The van der Waals surface area contributed by atoms with E-state index < -0.39 is 0 Å². The smallest absolute Gasteiger partial charge is 0.314 e. The molecule has 6 rings (SSSR count). The lowest BCUT2D eigenvalue weighted by molar-refractivity contribution is -0.140. The molecule has 3 aliphatic rings. The van der Waals surface area contributed by atoms with Gasteiger partial charge in [-0.1, -0.05) is 67.3 Å². The molecule has 0 radical (unpaired) electrons. The molecule has 2 aliphatic carbocycles. The second kappa shape index (κ2) is 11.8. The summed E-state index contributed by atoms with van der Waals surface area (Å²) < 4.78 is 11.9. The van der Waals surface area contributed by atoms with Crippen LogP contribution in [0.1, 0.15) is 80.5 Å². The zero-order chi connectivity index (χ0) is 28.3. The largest absolute Gasteiger partial charge is 0.490 e. The van der Waals surface area contributed by atoms with E-state index in [1.54, 1.807) is 0 Å². The van der Waals surface area contributed by atoms with Crippen molar-refractivity contribution in [3.05, 3.63) is 94.7 Å². The van der Waals surface area contributed by atoms with Crippen molar-refractivity contribution in [2.45, 2.75) is 70.8 Å². The van der Waals surface area contributed by atoms with Gasteiger partial charge in [-0.25, -0.2) is 0 Å². The molecule has 3 aromatic rings. The molecule has 212 valence electrons. The first-order valence-corrected chi connectivity index (χ1v) is 14.9. The van der Waals surface area contributed by atoms with Crippen LogP contribution in [0.3, 0.4) is 0 Å². The van der Waals surface area contributed by atoms with Crippen LogP contribution in [0.2, 0.25) is 0 Å². The van der Waals surface area contributed by atoms with Crippen molar-refractivity contribution in [1.82, 2.24) is 0 Å². The van der Waals surface area contributed by atoms with Crippen LogP contribution in [0.4, 0.5) is 11.4 Å². The molecule has 0 aromatic heterocycles. The molecule has 6 heteroatoms. The Labute approximate surface area is 242 Å². The molecule has 1 fully saturated rings. The van der Waals surface area contributed by atoms with E-state index in [4.69, 9.17) is 9.47 Å². The number of esters is 1. The lowest BCUT2D eigenvalue weighted by Gasteiger charge is -2.30. The first-order valence-electron chi connectivity index (χ1n) is 14.9. The monoisotopic (exact) mass is 550 g/mol. The Kier molecular flexibility index (Phi) is 7.82. The van der Waals surface area contributed by atoms with E-state index in [1.807, 2.05) is 49.4 Å². The summed E-state index contributed by atoms with van der Waals surface area (Å²) in [5.41, 5.74) is 6.85. The second-order valence-corrected chi connectivity index (χ2v) is 11.5. The number of hydrogen-bond donors (Lipinski definition) is 2. The first kappa shape index (κ1) is 27.1. The number of carbonyl (C=O) groups excluding carboxylic acids is 2. The standard InChI is InChI=1S/C35H38N2O4/c1-3-40-32-21-25(17-18-31(32)41-35(39)24-9-5-4-6-10-24)34-33-29(36-27-11-7-8-12-28(27)37-34)19-26(20-30(33)38)23-15-13-22(2)14-16-23/h7-8,11-18,21,24,26,34,36-37H,3-6,9-10,19-20H2,1-2H3/t26-,34+/m0/s1. The van der Waals surface area contributed by atoms with Crippen molar-refractivity contribution in [2.75, 3.05) is 17.2 Å². The Bertz CT molecular complexity index is 1470. The molecule has 0 saturated heterocycles. The number of ketones is 1. The van der Waals surface area contributed by atoms with E-state index in [0.717, 1.165) is 60.3 Å². The summed E-state index contributed by atoms with van der Waals surface area (Å²) in [7, 11) is 0. The molecule has 0 unspecified atom stereocenters. The summed E-state index contributed by atoms with van der Waals surface area (Å²) in [6, 6.07) is 21.9. The van der Waals surface area contributed by atoms with Crippen LogP contribution in [0.25, 0.3) is 0 Å². The van der Waals surface area contributed by atoms with Gasteiger partial charge in [-0.05, 0) is 74.4 Å². The summed E-state index contributed by atoms with van der Waals surface area (Å²) in [5.74, 6) is 0.948. The normalized spacial score (nSPS) is 20.7. The van der Waals surface area contributed by atoms with Crippen LogP contribution in [-0.4, -0.2) is 18.4 Å². The van der Waals surface area contributed by atoms with Gasteiger partial charge in [0.05, 0.1) is 29.9 Å². The third-order valence-electron chi connectivity index (χ3n) is 8.61. The molecule has 2 atom stereocenters. The molecule has 2 N–H and O–H groups in total. The van der Waals surface area contributed by atoms with Gasteiger partial charge in [-0.15, -0.1) is 0 Å². The van der Waals surface area contributed by atoms with Crippen LogP contribution >= 0.6 is 0 Å². The molecule has 41 heavy (non-hydrogen) atoms. The number of hydrogen-bond acceptors (Lipinski definition) is 6. The number of para-hydroxylation sites is 2. The molecule has 1 heterocycles. The zero-order valence-corrected chi connectivity index (χ0v) is 23.9. The molecular formula is C35H38N2O4. The Balaban J connectivity index is 1.36. The average molecular weight is 551 g/mol. The van der Waals surface area contributed by atoms with Gasteiger partial charge in [0, 0.05) is 17.7 Å². The van der Waals surface area contributed by atoms with Gasteiger partial charge >= 0.3 is 5.97 Å². The second-order valence-electron chi connectivity index (χ2n) is 11.5. The lowest BCUT2D eigenvalue weighted by Crippen LogP contribution is -2.27. The Morgan fingerprint density at radius 3 is 2.37 bits per heavy atom. The van der Waals surface area contributed by atoms with Crippen molar-refractivity contribution in [3.63, 3.8) is 0 Å². The minimum absolute atomic E-state index is 0.0574. The van der Waals surface area contributed by atoms with E-state index in [0.29, 0.717) is 24.5 Å². The fraction of sp³-hybridized carbons (Fsp3) is 0.371. The van der Waals surface area contributed by atoms with E-state index in [2.05, 4.69) is 41.8 Å². The Morgan fingerprint density at radius 2 is 1.61 bits per heavy atom. The van der Waals surface area contributed by atoms with E-state index >= 15 is 0 Å². The van der Waals surface area contributed by atoms with Gasteiger partial charge in [0.1, 0.15) is 0 Å². The van der Waals surface area contributed by atoms with E-state index in [-0.39, 0.29) is 29.6 Å². The summed E-state index contributed by atoms with van der Waals surface area (Å²) in [5, 5.41) is 7.26. The minimum atomic E-state index is -0.380. The third kappa shape index (κ3) is 5.74. The van der Waals surface area contributed by atoms with Crippen LogP contribution in [0.15, 0.2) is 78.0 Å². The summed E-state index contributed by atoms with van der Waals surface area (Å²) in [4.78, 5) is 26.9. The van der Waals surface area contributed by atoms with Gasteiger partial charge in [0.25, 0.3) is 0 Å². The van der Waals surface area contributed by atoms with Gasteiger partial charge in [-0.3, -0.25) is 9.59 Å². The Hall–Kier alpha value is -4.06. The van der Waals surface area contributed by atoms with E-state index in [1.165, 1.54) is 17.5 Å². The maximum atomic E-state index is 13.9.